The van der Waals surface area contributed by atoms with Gasteiger partial charge in [0.25, 0.3) is 0 Å². The van der Waals surface area contributed by atoms with Gasteiger partial charge in [-0.25, -0.2) is 0 Å². The number of halogens is 1. The monoisotopic (exact) mass is 224 g/mol. The molecule has 0 aliphatic carbocycles. The zero-order chi connectivity index (χ0) is 11.3. The standard InChI is InChI=1S/C11H13ClN2O/c1-8(12)6-14-7-9-3-2-4-10(5-9)11(13)15/h2-5,14H,1,6-7H2,(H2,13,15). The van der Waals surface area contributed by atoms with Gasteiger partial charge in [0.2, 0.25) is 5.91 Å². The molecule has 0 aliphatic heterocycles. The summed E-state index contributed by atoms with van der Waals surface area (Å²) in [6, 6.07) is 7.15. The molecule has 0 saturated heterocycles. The fourth-order valence-electron chi connectivity index (χ4n) is 1.18. The Kier molecular flexibility index (Phi) is 4.34. The number of carbonyl (C=O) groups excluding carboxylic acids is 1. The summed E-state index contributed by atoms with van der Waals surface area (Å²) in [6.45, 7) is 4.74. The van der Waals surface area contributed by atoms with Crippen LogP contribution in [0.4, 0.5) is 0 Å². The molecule has 0 aromatic heterocycles. The number of nitrogens with two attached hydrogens (primary N) is 1. The molecule has 0 aliphatic rings. The molecular formula is C11H13ClN2O. The highest BCUT2D eigenvalue weighted by atomic mass is 35.5. The van der Waals surface area contributed by atoms with Crippen LogP contribution in [-0.4, -0.2) is 12.5 Å². The Morgan fingerprint density at radius 3 is 2.87 bits per heavy atom. The molecule has 80 valence electrons. The van der Waals surface area contributed by atoms with Crippen molar-refractivity contribution in [2.75, 3.05) is 6.54 Å². The molecule has 1 rings (SSSR count). The third-order valence-corrected chi connectivity index (χ3v) is 1.99. The van der Waals surface area contributed by atoms with Crippen molar-refractivity contribution < 1.29 is 4.79 Å². The van der Waals surface area contributed by atoms with Gasteiger partial charge in [0, 0.05) is 23.7 Å². The quantitative estimate of drug-likeness (QED) is 0.799. The minimum absolute atomic E-state index is 0.418. The van der Waals surface area contributed by atoms with E-state index < -0.39 is 5.91 Å². The lowest BCUT2D eigenvalue weighted by molar-refractivity contribution is 0.1000. The topological polar surface area (TPSA) is 55.1 Å². The molecule has 0 heterocycles. The largest absolute Gasteiger partial charge is 0.366 e. The van der Waals surface area contributed by atoms with Gasteiger partial charge in [-0.2, -0.15) is 0 Å². The zero-order valence-electron chi connectivity index (χ0n) is 8.29. The molecule has 0 saturated carbocycles. The molecule has 15 heavy (non-hydrogen) atoms. The van der Waals surface area contributed by atoms with Gasteiger partial charge in [0.05, 0.1) is 0 Å². The number of benzene rings is 1. The van der Waals surface area contributed by atoms with Crippen molar-refractivity contribution in [2.45, 2.75) is 6.54 Å². The lowest BCUT2D eigenvalue weighted by Crippen LogP contribution is -2.16. The molecule has 1 aromatic carbocycles. The van der Waals surface area contributed by atoms with Gasteiger partial charge in [-0.3, -0.25) is 4.79 Å². The van der Waals surface area contributed by atoms with Gasteiger partial charge in [-0.15, -0.1) is 0 Å². The molecule has 1 aromatic rings. The van der Waals surface area contributed by atoms with Gasteiger partial charge in [-0.1, -0.05) is 30.3 Å². The Balaban J connectivity index is 2.58. The predicted molar refractivity (Wildman–Crippen MR) is 61.7 cm³/mol. The molecule has 0 bridgehead atoms. The second kappa shape index (κ2) is 5.53. The average molecular weight is 225 g/mol. The highest BCUT2D eigenvalue weighted by Gasteiger charge is 2.00. The number of carbonyl (C=O) groups is 1. The average Bonchev–Trinajstić information content (AvgIpc) is 2.17. The number of hydrogen-bond donors (Lipinski definition) is 2. The van der Waals surface area contributed by atoms with E-state index in [4.69, 9.17) is 17.3 Å². The molecule has 1 amide bonds. The smallest absolute Gasteiger partial charge is 0.248 e. The van der Waals surface area contributed by atoms with Crippen LogP contribution in [0, 0.1) is 0 Å². The molecule has 3 nitrogen and oxygen atoms in total. The van der Waals surface area contributed by atoms with Crippen LogP contribution in [0.3, 0.4) is 0 Å². The van der Waals surface area contributed by atoms with E-state index in [-0.39, 0.29) is 0 Å². The van der Waals surface area contributed by atoms with Crippen molar-refractivity contribution in [1.29, 1.82) is 0 Å². The van der Waals surface area contributed by atoms with Gasteiger partial charge >= 0.3 is 0 Å². The van der Waals surface area contributed by atoms with Crippen molar-refractivity contribution >= 4 is 17.5 Å². The van der Waals surface area contributed by atoms with Crippen LogP contribution >= 0.6 is 11.6 Å². The Hall–Kier alpha value is -1.32. The second-order valence-electron chi connectivity index (χ2n) is 3.19. The Morgan fingerprint density at radius 1 is 1.53 bits per heavy atom. The number of amides is 1. The van der Waals surface area contributed by atoms with Gasteiger partial charge in [0.15, 0.2) is 0 Å². The number of hydrogen-bond acceptors (Lipinski definition) is 2. The van der Waals surface area contributed by atoms with Gasteiger partial charge in [0.1, 0.15) is 0 Å². The normalized spacial score (nSPS) is 9.93. The van der Waals surface area contributed by atoms with E-state index in [9.17, 15) is 4.79 Å². The Bertz CT molecular complexity index is 377. The van der Waals surface area contributed by atoms with Crippen molar-refractivity contribution in [3.63, 3.8) is 0 Å². The highest BCUT2D eigenvalue weighted by molar-refractivity contribution is 6.29. The molecule has 0 spiro atoms. The predicted octanol–water partition coefficient (Wildman–Crippen LogP) is 1.63. The first-order valence-corrected chi connectivity index (χ1v) is 4.90. The molecular weight excluding hydrogens is 212 g/mol. The molecule has 0 fully saturated rings. The Labute approximate surface area is 93.9 Å². The van der Waals surface area contributed by atoms with Crippen LogP contribution in [-0.2, 0) is 6.54 Å². The number of primary amides is 1. The minimum atomic E-state index is -0.418. The van der Waals surface area contributed by atoms with Crippen molar-refractivity contribution in [1.82, 2.24) is 5.32 Å². The molecule has 0 radical (unpaired) electrons. The Morgan fingerprint density at radius 2 is 2.27 bits per heavy atom. The van der Waals surface area contributed by atoms with Crippen LogP contribution in [0.15, 0.2) is 35.9 Å². The lowest BCUT2D eigenvalue weighted by Gasteiger charge is -2.04. The number of nitrogens with one attached hydrogen (secondary N) is 1. The third-order valence-electron chi connectivity index (χ3n) is 1.86. The summed E-state index contributed by atoms with van der Waals surface area (Å²) in [4.78, 5) is 10.9. The summed E-state index contributed by atoms with van der Waals surface area (Å²) in [7, 11) is 0. The fourth-order valence-corrected chi connectivity index (χ4v) is 1.27. The van der Waals surface area contributed by atoms with E-state index in [1.165, 1.54) is 0 Å². The van der Waals surface area contributed by atoms with E-state index >= 15 is 0 Å². The van der Waals surface area contributed by atoms with E-state index in [0.717, 1.165) is 5.56 Å². The SMILES string of the molecule is C=C(Cl)CNCc1cccc(C(N)=O)c1. The fraction of sp³-hybridized carbons (Fsp3) is 0.182. The van der Waals surface area contributed by atoms with Crippen LogP contribution in [0.25, 0.3) is 0 Å². The van der Waals surface area contributed by atoms with Crippen molar-refractivity contribution in [2.24, 2.45) is 5.73 Å². The number of rotatable bonds is 5. The maximum Gasteiger partial charge on any atom is 0.248 e. The van der Waals surface area contributed by atoms with Gasteiger partial charge < -0.3 is 11.1 Å². The van der Waals surface area contributed by atoms with Crippen LogP contribution in [0.2, 0.25) is 0 Å². The van der Waals surface area contributed by atoms with E-state index in [0.29, 0.717) is 23.7 Å². The molecule has 0 atom stereocenters. The highest BCUT2D eigenvalue weighted by Crippen LogP contribution is 2.04. The second-order valence-corrected chi connectivity index (χ2v) is 3.72. The minimum Gasteiger partial charge on any atom is -0.366 e. The van der Waals surface area contributed by atoms with Crippen molar-refractivity contribution in [3.05, 3.63) is 47.0 Å². The van der Waals surface area contributed by atoms with E-state index in [1.54, 1.807) is 18.2 Å². The molecule has 4 heteroatoms. The summed E-state index contributed by atoms with van der Waals surface area (Å²) in [5.41, 5.74) is 6.67. The first kappa shape index (κ1) is 11.8. The van der Waals surface area contributed by atoms with Crippen LogP contribution in [0.1, 0.15) is 15.9 Å². The summed E-state index contributed by atoms with van der Waals surface area (Å²) in [5, 5.41) is 3.64. The first-order chi connectivity index (χ1) is 7.09. The molecule has 0 unspecified atom stereocenters. The van der Waals surface area contributed by atoms with Crippen molar-refractivity contribution in [3.8, 4) is 0 Å². The zero-order valence-corrected chi connectivity index (χ0v) is 9.05. The van der Waals surface area contributed by atoms with Crippen LogP contribution in [0.5, 0.6) is 0 Å². The summed E-state index contributed by atoms with van der Waals surface area (Å²) in [6.07, 6.45) is 0. The first-order valence-electron chi connectivity index (χ1n) is 4.52. The van der Waals surface area contributed by atoms with E-state index in [2.05, 4.69) is 11.9 Å². The van der Waals surface area contributed by atoms with E-state index in [1.807, 2.05) is 6.07 Å². The maximum atomic E-state index is 10.9. The summed E-state index contributed by atoms with van der Waals surface area (Å²) < 4.78 is 0. The van der Waals surface area contributed by atoms with Crippen LogP contribution < -0.4 is 11.1 Å². The summed E-state index contributed by atoms with van der Waals surface area (Å²) >= 11 is 5.59. The molecule has 3 N–H and O–H groups in total. The van der Waals surface area contributed by atoms with Gasteiger partial charge in [-0.05, 0) is 17.7 Å². The third kappa shape index (κ3) is 4.14. The maximum absolute atomic E-state index is 10.9. The lowest BCUT2D eigenvalue weighted by atomic mass is 10.1. The summed E-state index contributed by atoms with van der Waals surface area (Å²) in [5.74, 6) is -0.418.